The average Bonchev–Trinajstić information content (AvgIpc) is 2.92. The summed E-state index contributed by atoms with van der Waals surface area (Å²) in [6, 6.07) is 17.5. The van der Waals surface area contributed by atoms with Crippen LogP contribution in [0.4, 0.5) is 11.4 Å². The van der Waals surface area contributed by atoms with Crippen molar-refractivity contribution in [1.82, 2.24) is 4.98 Å². The fourth-order valence-electron chi connectivity index (χ4n) is 3.74. The van der Waals surface area contributed by atoms with Gasteiger partial charge in [0.25, 0.3) is 0 Å². The lowest BCUT2D eigenvalue weighted by Crippen LogP contribution is -2.08. The Balaban J connectivity index is 1.32. The van der Waals surface area contributed by atoms with Crippen LogP contribution in [0.5, 0.6) is 11.5 Å². The summed E-state index contributed by atoms with van der Waals surface area (Å²) in [4.78, 5) is 16.4. The molecule has 0 atom stereocenters. The van der Waals surface area contributed by atoms with Gasteiger partial charge in [0, 0.05) is 12.4 Å². The molecular weight excluding hydrogens is 450 g/mol. The second kappa shape index (κ2) is 16.2. The summed E-state index contributed by atoms with van der Waals surface area (Å²) < 4.78 is 11.3. The van der Waals surface area contributed by atoms with Crippen LogP contribution < -0.4 is 9.47 Å². The van der Waals surface area contributed by atoms with Gasteiger partial charge in [-0.25, -0.2) is 4.79 Å². The monoisotopic (exact) mass is 487 g/mol. The van der Waals surface area contributed by atoms with Crippen molar-refractivity contribution in [3.8, 4) is 11.5 Å². The number of benzene rings is 2. The molecule has 3 rings (SSSR count). The first-order chi connectivity index (χ1) is 17.7. The number of unbranched alkanes of at least 4 members (excludes halogenated alkanes) is 9. The molecule has 1 heterocycles. The minimum Gasteiger partial charge on any atom is -0.494 e. The molecule has 0 aliphatic rings. The standard InChI is InChI=1S/C30H37N3O3/c1-2-3-4-5-6-7-8-9-10-11-24-35-28-16-12-25(13-17-28)30(34)36-29-18-14-26(15-19-29)32-33-27-20-22-31-23-21-27/h12-23H,2-11,24H2,1H3. The lowest BCUT2D eigenvalue weighted by Gasteiger charge is -2.08. The van der Waals surface area contributed by atoms with Gasteiger partial charge in [-0.05, 0) is 67.1 Å². The number of carbonyl (C=O) groups excluding carboxylic acids is 1. The van der Waals surface area contributed by atoms with Crippen LogP contribution in [0.25, 0.3) is 0 Å². The maximum absolute atomic E-state index is 12.5. The highest BCUT2D eigenvalue weighted by molar-refractivity contribution is 5.91. The molecule has 0 aliphatic heterocycles. The molecule has 6 heteroatoms. The fraction of sp³-hybridized carbons (Fsp3) is 0.400. The Hall–Kier alpha value is -3.54. The molecule has 6 nitrogen and oxygen atoms in total. The van der Waals surface area contributed by atoms with Crippen LogP contribution >= 0.6 is 0 Å². The molecule has 0 amide bonds. The first-order valence-corrected chi connectivity index (χ1v) is 13.1. The van der Waals surface area contributed by atoms with Crippen LogP contribution in [0, 0.1) is 0 Å². The Morgan fingerprint density at radius 1 is 0.667 bits per heavy atom. The number of rotatable bonds is 16. The van der Waals surface area contributed by atoms with Crippen molar-refractivity contribution in [2.75, 3.05) is 6.61 Å². The Morgan fingerprint density at radius 2 is 1.19 bits per heavy atom. The van der Waals surface area contributed by atoms with Gasteiger partial charge in [0.15, 0.2) is 0 Å². The van der Waals surface area contributed by atoms with Crippen molar-refractivity contribution in [2.45, 2.75) is 71.1 Å². The van der Waals surface area contributed by atoms with E-state index in [1.807, 2.05) is 12.1 Å². The molecule has 0 bridgehead atoms. The summed E-state index contributed by atoms with van der Waals surface area (Å²) in [5.41, 5.74) is 1.86. The first kappa shape index (κ1) is 27.1. The molecule has 0 spiro atoms. The lowest BCUT2D eigenvalue weighted by molar-refractivity contribution is 0.0734. The molecule has 0 unspecified atom stereocenters. The second-order valence-corrected chi connectivity index (χ2v) is 8.84. The Kier molecular flexibility index (Phi) is 12.2. The van der Waals surface area contributed by atoms with Crippen LogP contribution in [0.2, 0.25) is 0 Å². The number of esters is 1. The third kappa shape index (κ3) is 10.4. The predicted octanol–water partition coefficient (Wildman–Crippen LogP) is 9.02. The Morgan fingerprint density at radius 3 is 1.81 bits per heavy atom. The van der Waals surface area contributed by atoms with E-state index in [9.17, 15) is 4.79 Å². The topological polar surface area (TPSA) is 73.1 Å². The summed E-state index contributed by atoms with van der Waals surface area (Å²) in [7, 11) is 0. The van der Waals surface area contributed by atoms with Crippen molar-refractivity contribution in [3.63, 3.8) is 0 Å². The highest BCUT2D eigenvalue weighted by atomic mass is 16.5. The molecule has 0 radical (unpaired) electrons. The number of hydrogen-bond acceptors (Lipinski definition) is 6. The molecule has 0 saturated carbocycles. The molecule has 0 saturated heterocycles. The molecule has 0 aliphatic carbocycles. The minimum atomic E-state index is -0.414. The first-order valence-electron chi connectivity index (χ1n) is 13.1. The summed E-state index contributed by atoms with van der Waals surface area (Å²) in [6.45, 7) is 2.96. The van der Waals surface area contributed by atoms with Crippen LogP contribution in [0.1, 0.15) is 81.5 Å². The van der Waals surface area contributed by atoms with E-state index in [1.165, 1.54) is 57.8 Å². The van der Waals surface area contributed by atoms with Gasteiger partial charge in [-0.1, -0.05) is 64.7 Å². The van der Waals surface area contributed by atoms with E-state index in [0.29, 0.717) is 23.6 Å². The van der Waals surface area contributed by atoms with Crippen molar-refractivity contribution < 1.29 is 14.3 Å². The zero-order chi connectivity index (χ0) is 25.3. The van der Waals surface area contributed by atoms with Crippen LogP contribution in [0.15, 0.2) is 83.3 Å². The van der Waals surface area contributed by atoms with Crippen LogP contribution in [0.3, 0.4) is 0 Å². The van der Waals surface area contributed by atoms with Gasteiger partial charge in [0.05, 0.1) is 23.5 Å². The molecule has 2 aromatic carbocycles. The van der Waals surface area contributed by atoms with E-state index < -0.39 is 5.97 Å². The largest absolute Gasteiger partial charge is 0.494 e. The molecule has 0 N–H and O–H groups in total. The highest BCUT2D eigenvalue weighted by Crippen LogP contribution is 2.22. The average molecular weight is 488 g/mol. The zero-order valence-corrected chi connectivity index (χ0v) is 21.3. The van der Waals surface area contributed by atoms with E-state index in [1.54, 1.807) is 60.9 Å². The van der Waals surface area contributed by atoms with Gasteiger partial charge in [-0.15, -0.1) is 0 Å². The smallest absolute Gasteiger partial charge is 0.343 e. The normalized spacial score (nSPS) is 11.0. The van der Waals surface area contributed by atoms with E-state index >= 15 is 0 Å². The fourth-order valence-corrected chi connectivity index (χ4v) is 3.74. The number of carbonyl (C=O) groups is 1. The van der Waals surface area contributed by atoms with E-state index in [2.05, 4.69) is 22.1 Å². The number of azo groups is 1. The summed E-state index contributed by atoms with van der Waals surface area (Å²) in [6.07, 6.45) is 16.3. The zero-order valence-electron chi connectivity index (χ0n) is 21.3. The predicted molar refractivity (Wildman–Crippen MR) is 144 cm³/mol. The molecule has 190 valence electrons. The van der Waals surface area contributed by atoms with Crippen LogP contribution in [-0.2, 0) is 0 Å². The third-order valence-corrected chi connectivity index (χ3v) is 5.85. The van der Waals surface area contributed by atoms with Gasteiger partial charge < -0.3 is 9.47 Å². The number of pyridine rings is 1. The van der Waals surface area contributed by atoms with Crippen molar-refractivity contribution >= 4 is 17.3 Å². The third-order valence-electron chi connectivity index (χ3n) is 5.85. The molecule has 3 aromatic rings. The number of aromatic nitrogens is 1. The van der Waals surface area contributed by atoms with Gasteiger partial charge >= 0.3 is 5.97 Å². The van der Waals surface area contributed by atoms with Gasteiger partial charge in [-0.3, -0.25) is 4.98 Å². The number of hydrogen-bond donors (Lipinski definition) is 0. The molecule has 1 aromatic heterocycles. The number of nitrogens with zero attached hydrogens (tertiary/aromatic N) is 3. The van der Waals surface area contributed by atoms with Gasteiger partial charge in [-0.2, -0.15) is 10.2 Å². The lowest BCUT2D eigenvalue weighted by atomic mass is 10.1. The summed E-state index contributed by atoms with van der Waals surface area (Å²) >= 11 is 0. The quantitative estimate of drug-likeness (QED) is 0.0874. The van der Waals surface area contributed by atoms with Crippen molar-refractivity contribution in [1.29, 1.82) is 0 Å². The van der Waals surface area contributed by atoms with Gasteiger partial charge in [0.2, 0.25) is 0 Å². The highest BCUT2D eigenvalue weighted by Gasteiger charge is 2.09. The second-order valence-electron chi connectivity index (χ2n) is 8.84. The van der Waals surface area contributed by atoms with Gasteiger partial charge in [0.1, 0.15) is 11.5 Å². The maximum atomic E-state index is 12.5. The van der Waals surface area contributed by atoms with E-state index in [0.717, 1.165) is 17.9 Å². The van der Waals surface area contributed by atoms with E-state index in [4.69, 9.17) is 9.47 Å². The molecule has 0 fully saturated rings. The molecular formula is C30H37N3O3. The summed E-state index contributed by atoms with van der Waals surface area (Å²) in [5, 5.41) is 8.31. The Bertz CT molecular complexity index is 1040. The molecule has 36 heavy (non-hydrogen) atoms. The van der Waals surface area contributed by atoms with Crippen molar-refractivity contribution in [3.05, 3.63) is 78.6 Å². The van der Waals surface area contributed by atoms with E-state index in [-0.39, 0.29) is 0 Å². The minimum absolute atomic E-state index is 0.414. The SMILES string of the molecule is CCCCCCCCCCCCOc1ccc(C(=O)Oc2ccc(N=Nc3ccncc3)cc2)cc1. The van der Waals surface area contributed by atoms with Crippen molar-refractivity contribution in [2.24, 2.45) is 10.2 Å². The number of ether oxygens (including phenoxy) is 2. The van der Waals surface area contributed by atoms with Crippen LogP contribution in [-0.4, -0.2) is 17.6 Å². The summed E-state index contributed by atoms with van der Waals surface area (Å²) in [5.74, 6) is 0.804. The Labute approximate surface area is 214 Å². The maximum Gasteiger partial charge on any atom is 0.343 e.